The zero-order valence-electron chi connectivity index (χ0n) is 12.1. The third-order valence-electron chi connectivity index (χ3n) is 3.72. The summed E-state index contributed by atoms with van der Waals surface area (Å²) >= 11 is 0. The van der Waals surface area contributed by atoms with Crippen LogP contribution in [0.5, 0.6) is 0 Å². The summed E-state index contributed by atoms with van der Waals surface area (Å²) < 4.78 is 0. The molecule has 1 aliphatic carbocycles. The average molecular weight is 293 g/mol. The zero-order valence-corrected chi connectivity index (χ0v) is 12.1. The molecule has 7 heteroatoms. The lowest BCUT2D eigenvalue weighted by molar-refractivity contribution is -0.137. The Morgan fingerprint density at radius 1 is 1.43 bits per heavy atom. The largest absolute Gasteiger partial charge is 0.481 e. The number of carbonyl (C=O) groups is 2. The highest BCUT2D eigenvalue weighted by atomic mass is 16.4. The summed E-state index contributed by atoms with van der Waals surface area (Å²) in [4.78, 5) is 40.5. The van der Waals surface area contributed by atoms with Gasteiger partial charge in [0.25, 0.3) is 0 Å². The molecule has 0 bridgehead atoms. The molecule has 1 atom stereocenters. The van der Waals surface area contributed by atoms with Gasteiger partial charge in [0.1, 0.15) is 0 Å². The Hall–Kier alpha value is -2.18. The van der Waals surface area contributed by atoms with Crippen molar-refractivity contribution < 1.29 is 14.7 Å². The number of aliphatic carboxylic acids is 1. The number of aryl methyl sites for hydroxylation is 2. The van der Waals surface area contributed by atoms with Crippen LogP contribution in [0.15, 0.2) is 4.79 Å². The van der Waals surface area contributed by atoms with Gasteiger partial charge in [-0.2, -0.15) is 4.98 Å². The summed E-state index contributed by atoms with van der Waals surface area (Å²) in [5.41, 5.74) is 1.38. The minimum atomic E-state index is -0.912. The molecule has 1 fully saturated rings. The standard InChI is InChI=1S/C14H19N3O4/c1-7-10(8(2)16-14(21)15-7)5-12(18)17-11(6-13(19)20)9-3-4-9/h9,11H,3-6H2,1-2H3,(H,17,18)(H,19,20)(H,15,16,21). The van der Waals surface area contributed by atoms with Crippen molar-refractivity contribution in [3.8, 4) is 0 Å². The van der Waals surface area contributed by atoms with Crippen LogP contribution >= 0.6 is 0 Å². The third kappa shape index (κ3) is 4.14. The second-order valence-electron chi connectivity index (χ2n) is 5.52. The van der Waals surface area contributed by atoms with Gasteiger partial charge in [-0.3, -0.25) is 9.59 Å². The molecule has 0 aromatic carbocycles. The molecule has 3 N–H and O–H groups in total. The van der Waals surface area contributed by atoms with Crippen LogP contribution in [0, 0.1) is 19.8 Å². The first-order valence-corrected chi connectivity index (χ1v) is 6.94. The van der Waals surface area contributed by atoms with Crippen molar-refractivity contribution >= 4 is 11.9 Å². The van der Waals surface area contributed by atoms with E-state index in [0.717, 1.165) is 12.8 Å². The van der Waals surface area contributed by atoms with Crippen LogP contribution in [0.2, 0.25) is 0 Å². The summed E-state index contributed by atoms with van der Waals surface area (Å²) in [6.45, 7) is 3.40. The zero-order chi connectivity index (χ0) is 15.6. The Kier molecular flexibility index (Phi) is 4.40. The molecule has 1 amide bonds. The molecule has 0 aliphatic heterocycles. The molecule has 1 heterocycles. The van der Waals surface area contributed by atoms with E-state index < -0.39 is 11.7 Å². The lowest BCUT2D eigenvalue weighted by atomic mass is 10.1. The molecule has 1 aliphatic rings. The number of nitrogens with one attached hydrogen (secondary N) is 2. The number of aromatic nitrogens is 2. The van der Waals surface area contributed by atoms with Gasteiger partial charge in [-0.25, -0.2) is 4.79 Å². The number of carboxylic acid groups (broad SMARTS) is 1. The van der Waals surface area contributed by atoms with E-state index in [2.05, 4.69) is 15.3 Å². The quantitative estimate of drug-likeness (QED) is 0.698. The van der Waals surface area contributed by atoms with E-state index in [-0.39, 0.29) is 30.7 Å². The number of nitrogens with zero attached hydrogens (tertiary/aromatic N) is 1. The molecule has 114 valence electrons. The van der Waals surface area contributed by atoms with Gasteiger partial charge in [0, 0.05) is 23.0 Å². The van der Waals surface area contributed by atoms with Crippen LogP contribution in [0.25, 0.3) is 0 Å². The van der Waals surface area contributed by atoms with E-state index in [1.807, 2.05) is 0 Å². The van der Waals surface area contributed by atoms with Crippen molar-refractivity contribution in [1.82, 2.24) is 15.3 Å². The van der Waals surface area contributed by atoms with Gasteiger partial charge in [0.05, 0.1) is 12.8 Å². The first-order valence-electron chi connectivity index (χ1n) is 6.94. The fourth-order valence-electron chi connectivity index (χ4n) is 2.46. The van der Waals surface area contributed by atoms with Gasteiger partial charge in [0.2, 0.25) is 5.91 Å². The number of rotatable bonds is 6. The molecule has 0 spiro atoms. The van der Waals surface area contributed by atoms with E-state index in [1.165, 1.54) is 0 Å². The SMILES string of the molecule is Cc1nc(=O)[nH]c(C)c1CC(=O)NC(CC(=O)O)C1CC1. The van der Waals surface area contributed by atoms with Crippen LogP contribution in [0.3, 0.4) is 0 Å². The number of hydrogen-bond acceptors (Lipinski definition) is 4. The molecule has 1 unspecified atom stereocenters. The van der Waals surface area contributed by atoms with E-state index in [4.69, 9.17) is 5.11 Å². The molecule has 21 heavy (non-hydrogen) atoms. The third-order valence-corrected chi connectivity index (χ3v) is 3.72. The highest BCUT2D eigenvalue weighted by Gasteiger charge is 2.33. The molecule has 7 nitrogen and oxygen atoms in total. The van der Waals surface area contributed by atoms with Gasteiger partial charge in [-0.15, -0.1) is 0 Å². The number of carboxylic acids is 1. The Labute approximate surface area is 121 Å². The van der Waals surface area contributed by atoms with Crippen molar-refractivity contribution in [3.63, 3.8) is 0 Å². The maximum Gasteiger partial charge on any atom is 0.345 e. The normalized spacial score (nSPS) is 15.5. The molecule has 1 saturated carbocycles. The summed E-state index contributed by atoms with van der Waals surface area (Å²) in [5.74, 6) is -0.889. The van der Waals surface area contributed by atoms with Gasteiger partial charge in [-0.1, -0.05) is 0 Å². The minimum absolute atomic E-state index is 0.0573. The summed E-state index contributed by atoms with van der Waals surface area (Å²) in [5, 5.41) is 11.7. The first-order chi connectivity index (χ1) is 9.86. The Bertz CT molecular complexity index is 593. The predicted octanol–water partition coefficient (Wildman–Crippen LogP) is 0.299. The number of H-pyrrole nitrogens is 1. The highest BCUT2D eigenvalue weighted by Crippen LogP contribution is 2.34. The van der Waals surface area contributed by atoms with Crippen molar-refractivity contribution in [2.24, 2.45) is 5.92 Å². The number of carbonyl (C=O) groups excluding carboxylic acids is 1. The lowest BCUT2D eigenvalue weighted by Gasteiger charge is -2.17. The molecule has 2 rings (SSSR count). The van der Waals surface area contributed by atoms with Crippen LogP contribution in [0.1, 0.15) is 36.2 Å². The number of hydrogen-bond donors (Lipinski definition) is 3. The van der Waals surface area contributed by atoms with Gasteiger partial charge in [0.15, 0.2) is 0 Å². The van der Waals surface area contributed by atoms with E-state index in [9.17, 15) is 14.4 Å². The summed E-state index contributed by atoms with van der Waals surface area (Å²) in [6.07, 6.45) is 1.94. The number of aromatic amines is 1. The maximum absolute atomic E-state index is 12.1. The van der Waals surface area contributed by atoms with Crippen molar-refractivity contribution in [2.75, 3.05) is 0 Å². The molecular weight excluding hydrogens is 274 g/mol. The van der Waals surface area contributed by atoms with Gasteiger partial charge in [-0.05, 0) is 32.6 Å². The summed E-state index contributed by atoms with van der Waals surface area (Å²) in [6, 6.07) is -0.314. The Morgan fingerprint density at radius 3 is 2.62 bits per heavy atom. The van der Waals surface area contributed by atoms with Crippen molar-refractivity contribution in [1.29, 1.82) is 0 Å². The van der Waals surface area contributed by atoms with Crippen molar-refractivity contribution in [3.05, 3.63) is 27.4 Å². The van der Waals surface area contributed by atoms with Gasteiger partial charge < -0.3 is 15.4 Å². The fraction of sp³-hybridized carbons (Fsp3) is 0.571. The number of amides is 1. The van der Waals surface area contributed by atoms with Crippen LogP contribution in [-0.2, 0) is 16.0 Å². The Morgan fingerprint density at radius 2 is 2.10 bits per heavy atom. The topological polar surface area (TPSA) is 112 Å². The Balaban J connectivity index is 2.04. The van der Waals surface area contributed by atoms with Crippen LogP contribution in [-0.4, -0.2) is 33.0 Å². The molecule has 0 radical (unpaired) electrons. The first kappa shape index (κ1) is 15.2. The van der Waals surface area contributed by atoms with E-state index >= 15 is 0 Å². The van der Waals surface area contributed by atoms with Gasteiger partial charge >= 0.3 is 11.7 Å². The molecule has 1 aromatic rings. The smallest absolute Gasteiger partial charge is 0.345 e. The highest BCUT2D eigenvalue weighted by molar-refractivity contribution is 5.80. The summed E-state index contributed by atoms with van der Waals surface area (Å²) in [7, 11) is 0. The average Bonchev–Trinajstić information content (AvgIpc) is 3.16. The maximum atomic E-state index is 12.1. The second-order valence-corrected chi connectivity index (χ2v) is 5.52. The molecular formula is C14H19N3O4. The fourth-order valence-corrected chi connectivity index (χ4v) is 2.46. The van der Waals surface area contributed by atoms with E-state index in [0.29, 0.717) is 17.0 Å². The molecule has 1 aromatic heterocycles. The predicted molar refractivity (Wildman–Crippen MR) is 74.9 cm³/mol. The van der Waals surface area contributed by atoms with Crippen LogP contribution < -0.4 is 11.0 Å². The van der Waals surface area contributed by atoms with Crippen LogP contribution in [0.4, 0.5) is 0 Å². The monoisotopic (exact) mass is 293 g/mol. The molecule has 0 saturated heterocycles. The lowest BCUT2D eigenvalue weighted by Crippen LogP contribution is -2.39. The van der Waals surface area contributed by atoms with Crippen molar-refractivity contribution in [2.45, 2.75) is 45.6 Å². The second kappa shape index (κ2) is 6.07. The van der Waals surface area contributed by atoms with E-state index in [1.54, 1.807) is 13.8 Å². The minimum Gasteiger partial charge on any atom is -0.481 e.